The van der Waals surface area contributed by atoms with Gasteiger partial charge in [-0.3, -0.25) is 5.43 Å². The molecule has 1 aliphatic rings. The lowest BCUT2D eigenvalue weighted by Crippen LogP contribution is -2.04. The van der Waals surface area contributed by atoms with Crippen LogP contribution in [0.4, 0.5) is 5.13 Å². The number of benzene rings is 1. The minimum Gasteiger partial charge on any atom is -0.253 e. The van der Waals surface area contributed by atoms with Gasteiger partial charge in [-0.15, -0.1) is 11.3 Å². The Morgan fingerprint density at radius 1 is 1.35 bits per heavy atom. The van der Waals surface area contributed by atoms with Crippen molar-refractivity contribution in [2.75, 3.05) is 5.43 Å². The van der Waals surface area contributed by atoms with Crippen LogP contribution >= 0.6 is 22.9 Å². The molecule has 1 atom stereocenters. The molecule has 0 aliphatic heterocycles. The third-order valence-corrected chi connectivity index (χ3v) is 4.58. The Labute approximate surface area is 127 Å². The van der Waals surface area contributed by atoms with Crippen molar-refractivity contribution in [2.24, 2.45) is 11.0 Å². The molecule has 1 aliphatic carbocycles. The minimum atomic E-state index is 0.596. The van der Waals surface area contributed by atoms with Crippen LogP contribution in [0.25, 0.3) is 11.3 Å². The third-order valence-electron chi connectivity index (χ3n) is 3.58. The third kappa shape index (κ3) is 3.02. The zero-order valence-corrected chi connectivity index (χ0v) is 12.8. The Morgan fingerprint density at radius 3 is 2.85 bits per heavy atom. The fourth-order valence-electron chi connectivity index (χ4n) is 2.37. The number of nitrogens with one attached hydrogen (secondary N) is 1. The largest absolute Gasteiger partial charge is 0.253 e. The average molecular weight is 306 g/mol. The van der Waals surface area contributed by atoms with Gasteiger partial charge in [-0.25, -0.2) is 4.98 Å². The Kier molecular flexibility index (Phi) is 4.03. The molecule has 1 unspecified atom stereocenters. The molecule has 1 aromatic carbocycles. The predicted octanol–water partition coefficient (Wildman–Crippen LogP) is 5.05. The molecule has 2 aromatic rings. The van der Waals surface area contributed by atoms with Crippen molar-refractivity contribution in [3.63, 3.8) is 0 Å². The first-order valence-electron chi connectivity index (χ1n) is 6.76. The number of hydrazone groups is 1. The van der Waals surface area contributed by atoms with E-state index in [1.54, 1.807) is 11.3 Å². The quantitative estimate of drug-likeness (QED) is 0.806. The molecule has 1 saturated carbocycles. The van der Waals surface area contributed by atoms with Crippen LogP contribution in [0.2, 0.25) is 5.02 Å². The van der Waals surface area contributed by atoms with Crippen LogP contribution in [0.1, 0.15) is 26.2 Å². The average Bonchev–Trinajstić information content (AvgIpc) is 3.06. The van der Waals surface area contributed by atoms with Crippen molar-refractivity contribution in [1.29, 1.82) is 0 Å². The molecule has 104 valence electrons. The molecule has 20 heavy (non-hydrogen) atoms. The molecule has 1 heterocycles. The van der Waals surface area contributed by atoms with Gasteiger partial charge >= 0.3 is 0 Å². The fourth-order valence-corrected chi connectivity index (χ4v) is 3.15. The highest BCUT2D eigenvalue weighted by atomic mass is 35.5. The van der Waals surface area contributed by atoms with Crippen molar-refractivity contribution in [2.45, 2.75) is 26.2 Å². The van der Waals surface area contributed by atoms with E-state index in [4.69, 9.17) is 11.6 Å². The van der Waals surface area contributed by atoms with Crippen LogP contribution in [0.15, 0.2) is 34.7 Å². The summed E-state index contributed by atoms with van der Waals surface area (Å²) in [6, 6.07) is 7.71. The second-order valence-corrected chi connectivity index (χ2v) is 6.35. The van der Waals surface area contributed by atoms with E-state index in [1.165, 1.54) is 18.6 Å². The molecular weight excluding hydrogens is 290 g/mol. The maximum Gasteiger partial charge on any atom is 0.203 e. The fraction of sp³-hybridized carbons (Fsp3) is 0.333. The van der Waals surface area contributed by atoms with Crippen LogP contribution in [-0.4, -0.2) is 10.7 Å². The summed E-state index contributed by atoms with van der Waals surface area (Å²) >= 11 is 7.46. The van der Waals surface area contributed by atoms with Crippen molar-refractivity contribution >= 4 is 33.8 Å². The van der Waals surface area contributed by atoms with Gasteiger partial charge in [0.2, 0.25) is 5.13 Å². The van der Waals surface area contributed by atoms with E-state index in [0.29, 0.717) is 5.92 Å². The van der Waals surface area contributed by atoms with Crippen molar-refractivity contribution in [3.8, 4) is 11.3 Å². The number of halogens is 1. The second-order valence-electron chi connectivity index (χ2n) is 5.05. The summed E-state index contributed by atoms with van der Waals surface area (Å²) in [6.07, 6.45) is 3.59. The summed E-state index contributed by atoms with van der Waals surface area (Å²) < 4.78 is 0. The van der Waals surface area contributed by atoms with Crippen LogP contribution in [-0.2, 0) is 0 Å². The summed E-state index contributed by atoms with van der Waals surface area (Å²) in [5, 5.41) is 8.10. The normalized spacial score (nSPS) is 20.5. The topological polar surface area (TPSA) is 37.3 Å². The van der Waals surface area contributed by atoms with E-state index >= 15 is 0 Å². The lowest BCUT2D eigenvalue weighted by Gasteiger charge is -2.02. The van der Waals surface area contributed by atoms with Crippen LogP contribution < -0.4 is 5.43 Å². The number of anilines is 1. The number of thiazole rings is 1. The zero-order valence-electron chi connectivity index (χ0n) is 11.3. The molecule has 5 heteroatoms. The molecule has 0 saturated heterocycles. The minimum absolute atomic E-state index is 0.596. The van der Waals surface area contributed by atoms with E-state index < -0.39 is 0 Å². The molecule has 3 nitrogen and oxygen atoms in total. The van der Waals surface area contributed by atoms with Gasteiger partial charge in [-0.2, -0.15) is 5.10 Å². The standard InChI is InChI=1S/C15H16ClN3S/c1-10-3-2-4-13(10)18-19-15-17-14(9-20-15)11-5-7-12(16)8-6-11/h5-10H,2-4H2,1H3,(H,17,19)/b18-13-. The van der Waals surface area contributed by atoms with E-state index in [-0.39, 0.29) is 0 Å². The highest BCUT2D eigenvalue weighted by Gasteiger charge is 2.17. The molecule has 3 rings (SSSR count). The van der Waals surface area contributed by atoms with Gasteiger partial charge in [0.05, 0.1) is 5.69 Å². The summed E-state index contributed by atoms with van der Waals surface area (Å²) in [6.45, 7) is 2.23. The van der Waals surface area contributed by atoms with Gasteiger partial charge in [0.15, 0.2) is 0 Å². The Balaban J connectivity index is 1.72. The molecular formula is C15H16ClN3S. The molecule has 1 N–H and O–H groups in total. The van der Waals surface area contributed by atoms with Crippen LogP contribution in [0.3, 0.4) is 0 Å². The van der Waals surface area contributed by atoms with Gasteiger partial charge in [-0.05, 0) is 37.3 Å². The summed E-state index contributed by atoms with van der Waals surface area (Å²) in [4.78, 5) is 4.55. The highest BCUT2D eigenvalue weighted by molar-refractivity contribution is 7.14. The van der Waals surface area contributed by atoms with Gasteiger partial charge in [0.25, 0.3) is 0 Å². The van der Waals surface area contributed by atoms with Crippen molar-refractivity contribution in [3.05, 3.63) is 34.7 Å². The number of rotatable bonds is 3. The number of hydrogen-bond acceptors (Lipinski definition) is 4. The monoisotopic (exact) mass is 305 g/mol. The molecule has 0 bridgehead atoms. The van der Waals surface area contributed by atoms with E-state index in [0.717, 1.165) is 27.8 Å². The first-order valence-corrected chi connectivity index (χ1v) is 8.02. The predicted molar refractivity (Wildman–Crippen MR) is 86.6 cm³/mol. The maximum atomic E-state index is 5.89. The van der Waals surface area contributed by atoms with Gasteiger partial charge in [0, 0.05) is 21.7 Å². The van der Waals surface area contributed by atoms with E-state index in [1.807, 2.05) is 29.6 Å². The van der Waals surface area contributed by atoms with E-state index in [2.05, 4.69) is 22.4 Å². The highest BCUT2D eigenvalue weighted by Crippen LogP contribution is 2.27. The Bertz CT molecular complexity index is 618. The maximum absolute atomic E-state index is 5.89. The molecule has 1 fully saturated rings. The van der Waals surface area contributed by atoms with Crippen molar-refractivity contribution in [1.82, 2.24) is 4.98 Å². The molecule has 0 amide bonds. The number of aromatic nitrogens is 1. The van der Waals surface area contributed by atoms with E-state index in [9.17, 15) is 0 Å². The number of nitrogens with zero attached hydrogens (tertiary/aromatic N) is 2. The zero-order chi connectivity index (χ0) is 13.9. The van der Waals surface area contributed by atoms with Crippen molar-refractivity contribution < 1.29 is 0 Å². The first kappa shape index (κ1) is 13.6. The summed E-state index contributed by atoms with van der Waals surface area (Å²) in [7, 11) is 0. The van der Waals surface area contributed by atoms with Gasteiger partial charge in [-0.1, -0.05) is 30.7 Å². The number of hydrogen-bond donors (Lipinski definition) is 1. The first-order chi connectivity index (χ1) is 9.72. The lowest BCUT2D eigenvalue weighted by molar-refractivity contribution is 0.727. The summed E-state index contributed by atoms with van der Waals surface area (Å²) in [5.41, 5.74) is 6.37. The van der Waals surface area contributed by atoms with Gasteiger partial charge in [0.1, 0.15) is 0 Å². The smallest absolute Gasteiger partial charge is 0.203 e. The van der Waals surface area contributed by atoms with Crippen LogP contribution in [0, 0.1) is 5.92 Å². The SMILES string of the molecule is CC1CCC/C1=N/Nc1nc(-c2ccc(Cl)cc2)cs1. The summed E-state index contributed by atoms with van der Waals surface area (Å²) in [5.74, 6) is 0.596. The Hall–Kier alpha value is -1.39. The molecule has 0 spiro atoms. The van der Waals surface area contributed by atoms with Gasteiger partial charge < -0.3 is 0 Å². The lowest BCUT2D eigenvalue weighted by atomic mass is 10.1. The Morgan fingerprint density at radius 2 is 2.15 bits per heavy atom. The second kappa shape index (κ2) is 5.94. The van der Waals surface area contributed by atoms with Crippen LogP contribution in [0.5, 0.6) is 0 Å². The molecule has 0 radical (unpaired) electrons. The molecule has 1 aromatic heterocycles.